The van der Waals surface area contributed by atoms with Crippen LogP contribution in [0.1, 0.15) is 39.2 Å². The molecule has 2 aromatic rings. The van der Waals surface area contributed by atoms with E-state index in [2.05, 4.69) is 20.7 Å². The minimum absolute atomic E-state index is 0.0510. The van der Waals surface area contributed by atoms with Gasteiger partial charge in [-0.3, -0.25) is 10.1 Å². The monoisotopic (exact) mass is 418 g/mol. The number of amides is 4. The van der Waals surface area contributed by atoms with Crippen LogP contribution in [0.2, 0.25) is 5.15 Å². The van der Waals surface area contributed by atoms with Gasteiger partial charge in [0.05, 0.1) is 11.7 Å². The zero-order chi connectivity index (χ0) is 20.9. The summed E-state index contributed by atoms with van der Waals surface area (Å²) < 4.78 is 7.00. The van der Waals surface area contributed by atoms with Crippen molar-refractivity contribution in [3.8, 4) is 0 Å². The molecule has 10 nitrogen and oxygen atoms in total. The Morgan fingerprint density at radius 1 is 1.34 bits per heavy atom. The Morgan fingerprint density at radius 2 is 2.07 bits per heavy atom. The normalized spacial score (nSPS) is 18.1. The van der Waals surface area contributed by atoms with Gasteiger partial charge in [-0.2, -0.15) is 9.61 Å². The summed E-state index contributed by atoms with van der Waals surface area (Å²) in [4.78, 5) is 41.7. The van der Waals surface area contributed by atoms with Crippen LogP contribution in [0.25, 0.3) is 11.6 Å². The number of carbonyl (C=O) groups excluding carboxylic acids is 3. The summed E-state index contributed by atoms with van der Waals surface area (Å²) in [5.74, 6) is -0.308. The zero-order valence-corrected chi connectivity index (χ0v) is 16.8. The van der Waals surface area contributed by atoms with E-state index in [1.54, 1.807) is 26.8 Å². The van der Waals surface area contributed by atoms with Gasteiger partial charge < -0.3 is 10.1 Å². The molecule has 0 aromatic carbocycles. The number of imide groups is 1. The van der Waals surface area contributed by atoms with Crippen LogP contribution in [0.15, 0.2) is 18.0 Å². The molecule has 29 heavy (non-hydrogen) atoms. The fourth-order valence-electron chi connectivity index (χ4n) is 2.91. The number of carbonyl (C=O) groups is 3. The Balaban J connectivity index is 1.78. The first kappa shape index (κ1) is 19.2. The minimum Gasteiger partial charge on any atom is -0.443 e. The predicted octanol–water partition coefficient (Wildman–Crippen LogP) is 2.47. The molecular weight excluding hydrogens is 400 g/mol. The summed E-state index contributed by atoms with van der Waals surface area (Å²) in [5.41, 5.74) is 0.472. The number of nitrogens with one attached hydrogen (secondary N) is 2. The Labute approximate surface area is 170 Å². The van der Waals surface area contributed by atoms with Gasteiger partial charge in [0, 0.05) is 17.7 Å². The van der Waals surface area contributed by atoms with Crippen LogP contribution in [0, 0.1) is 0 Å². The molecule has 1 aliphatic carbocycles. The third-order valence-corrected chi connectivity index (χ3v) is 4.42. The average Bonchev–Trinajstić information content (AvgIpc) is 3.25. The molecule has 3 heterocycles. The van der Waals surface area contributed by atoms with Crippen molar-refractivity contribution in [2.45, 2.75) is 45.3 Å². The molecule has 0 atom stereocenters. The van der Waals surface area contributed by atoms with Gasteiger partial charge in [-0.15, -0.1) is 0 Å². The van der Waals surface area contributed by atoms with E-state index in [1.165, 1.54) is 21.7 Å². The summed E-state index contributed by atoms with van der Waals surface area (Å²) >= 11 is 6.23. The van der Waals surface area contributed by atoms with E-state index in [0.29, 0.717) is 11.1 Å². The zero-order valence-electron chi connectivity index (χ0n) is 16.0. The van der Waals surface area contributed by atoms with E-state index >= 15 is 0 Å². The topological polar surface area (TPSA) is 118 Å². The van der Waals surface area contributed by atoms with E-state index in [0.717, 1.165) is 12.8 Å². The lowest BCUT2D eigenvalue weighted by Gasteiger charge is -2.26. The highest BCUT2D eigenvalue weighted by Gasteiger charge is 2.39. The highest BCUT2D eigenvalue weighted by molar-refractivity contribution is 6.30. The molecule has 0 radical (unpaired) electrons. The van der Waals surface area contributed by atoms with E-state index < -0.39 is 23.6 Å². The van der Waals surface area contributed by atoms with Crippen molar-refractivity contribution < 1.29 is 19.1 Å². The smallest absolute Gasteiger partial charge is 0.417 e. The first-order valence-electron chi connectivity index (χ1n) is 9.03. The molecule has 1 saturated carbocycles. The van der Waals surface area contributed by atoms with Crippen molar-refractivity contribution in [3.05, 3.63) is 28.7 Å². The maximum absolute atomic E-state index is 12.8. The summed E-state index contributed by atoms with van der Waals surface area (Å²) in [6.45, 7) is 5.36. The van der Waals surface area contributed by atoms with E-state index in [-0.39, 0.29) is 22.8 Å². The quantitative estimate of drug-likeness (QED) is 0.449. The van der Waals surface area contributed by atoms with Crippen LogP contribution >= 0.6 is 11.6 Å². The number of ether oxygens (including phenoxy) is 1. The van der Waals surface area contributed by atoms with Gasteiger partial charge in [0.1, 0.15) is 16.5 Å². The molecule has 2 aromatic heterocycles. The highest BCUT2D eigenvalue weighted by atomic mass is 35.5. The molecule has 0 spiro atoms. The second-order valence-corrected chi connectivity index (χ2v) is 8.21. The molecule has 0 unspecified atom stereocenters. The first-order chi connectivity index (χ1) is 13.6. The molecule has 2 fully saturated rings. The lowest BCUT2D eigenvalue weighted by Crippen LogP contribution is -2.40. The summed E-state index contributed by atoms with van der Waals surface area (Å²) in [7, 11) is 0. The van der Waals surface area contributed by atoms with E-state index in [1.807, 2.05) is 0 Å². The third kappa shape index (κ3) is 3.88. The lowest BCUT2D eigenvalue weighted by atomic mass is 10.2. The Morgan fingerprint density at radius 3 is 2.66 bits per heavy atom. The number of hydrogen-bond acceptors (Lipinski definition) is 6. The van der Waals surface area contributed by atoms with E-state index in [4.69, 9.17) is 16.3 Å². The van der Waals surface area contributed by atoms with Crippen LogP contribution in [0.5, 0.6) is 0 Å². The number of urea groups is 1. The van der Waals surface area contributed by atoms with Gasteiger partial charge >= 0.3 is 12.1 Å². The van der Waals surface area contributed by atoms with Crippen molar-refractivity contribution in [2.24, 2.45) is 0 Å². The van der Waals surface area contributed by atoms with Gasteiger partial charge in [-0.05, 0) is 39.7 Å². The number of fused-ring (bicyclic) bond motifs is 1. The summed E-state index contributed by atoms with van der Waals surface area (Å²) in [6, 6.07) is 0.923. The van der Waals surface area contributed by atoms with Gasteiger partial charge in [0.25, 0.3) is 5.91 Å². The molecule has 1 aliphatic heterocycles. The summed E-state index contributed by atoms with van der Waals surface area (Å²) in [5, 5.41) is 9.03. The Hall–Kier alpha value is -3.14. The molecule has 0 bridgehead atoms. The van der Waals surface area contributed by atoms with Gasteiger partial charge in [-0.1, -0.05) is 11.6 Å². The Kier molecular flexibility index (Phi) is 4.45. The van der Waals surface area contributed by atoms with Crippen LogP contribution in [0.4, 0.5) is 15.5 Å². The van der Waals surface area contributed by atoms with Crippen molar-refractivity contribution in [2.75, 3.05) is 4.90 Å². The number of aromatic nitrogens is 3. The number of hydrogen-bond donors (Lipinski definition) is 2. The largest absolute Gasteiger partial charge is 0.443 e. The van der Waals surface area contributed by atoms with Gasteiger partial charge in [0.15, 0.2) is 0 Å². The van der Waals surface area contributed by atoms with Crippen LogP contribution in [0.3, 0.4) is 0 Å². The highest BCUT2D eigenvalue weighted by Crippen LogP contribution is 2.34. The number of rotatable bonds is 3. The minimum atomic E-state index is -0.671. The number of halogens is 1. The van der Waals surface area contributed by atoms with Crippen LogP contribution < -0.4 is 15.5 Å². The molecule has 152 valence electrons. The molecule has 4 rings (SSSR count). The fraction of sp³-hybridized carbons (Fsp3) is 0.389. The van der Waals surface area contributed by atoms with Gasteiger partial charge in [-0.25, -0.2) is 19.5 Å². The first-order valence-corrected chi connectivity index (χ1v) is 9.41. The predicted molar refractivity (Wildman–Crippen MR) is 104 cm³/mol. The third-order valence-electron chi connectivity index (χ3n) is 4.23. The second kappa shape index (κ2) is 6.73. The fourth-order valence-corrected chi connectivity index (χ4v) is 3.08. The van der Waals surface area contributed by atoms with Crippen molar-refractivity contribution in [1.82, 2.24) is 25.2 Å². The molecule has 1 saturated heterocycles. The number of nitrogens with zero attached hydrogens (tertiary/aromatic N) is 4. The molecular formula is C18H19ClN6O4. The lowest BCUT2D eigenvalue weighted by molar-refractivity contribution is -0.115. The van der Waals surface area contributed by atoms with Crippen molar-refractivity contribution in [3.63, 3.8) is 0 Å². The van der Waals surface area contributed by atoms with E-state index in [9.17, 15) is 14.4 Å². The Bertz CT molecular complexity index is 1070. The SMILES string of the molecule is CC(C)(C)OC(=O)N(c1nc(Cl)cc2c(C=C3NC(=O)NC3=O)cnn12)C1CC1. The average molecular weight is 419 g/mol. The molecule has 2 N–H and O–H groups in total. The number of anilines is 1. The van der Waals surface area contributed by atoms with Gasteiger partial charge in [0.2, 0.25) is 5.95 Å². The molecule has 11 heteroatoms. The molecule has 4 amide bonds. The molecule has 2 aliphatic rings. The van der Waals surface area contributed by atoms with Crippen LogP contribution in [-0.2, 0) is 9.53 Å². The summed E-state index contributed by atoms with van der Waals surface area (Å²) in [6.07, 6.45) is 4.09. The van der Waals surface area contributed by atoms with Crippen LogP contribution in [-0.4, -0.2) is 44.3 Å². The van der Waals surface area contributed by atoms with Crippen molar-refractivity contribution >= 4 is 47.2 Å². The maximum Gasteiger partial charge on any atom is 0.417 e. The maximum atomic E-state index is 12.8. The van der Waals surface area contributed by atoms with Crippen molar-refractivity contribution in [1.29, 1.82) is 0 Å². The second-order valence-electron chi connectivity index (χ2n) is 7.82. The standard InChI is InChI=1S/C18H19ClN6O4/c1-18(2,3)29-17(28)24(10-4-5-10)16-22-13(19)7-12-9(8-20-25(12)16)6-11-14(26)23-15(27)21-11/h6-8,10H,4-5H2,1-3H3,(H2,21,23,26,27).